The predicted molar refractivity (Wildman–Crippen MR) is 109 cm³/mol. The van der Waals surface area contributed by atoms with E-state index in [0.29, 0.717) is 29.5 Å². The molecule has 0 heterocycles. The molecule has 4 aliphatic rings. The molecule has 0 aromatic carbocycles. The minimum Gasteiger partial charge on any atom is -0.393 e. The molecule has 146 valence electrons. The molecule has 4 fully saturated rings. The number of ketones is 1. The average Bonchev–Trinajstić information content (AvgIpc) is 2.92. The van der Waals surface area contributed by atoms with Gasteiger partial charge in [-0.05, 0) is 97.2 Å². The summed E-state index contributed by atoms with van der Waals surface area (Å²) in [6.45, 7) is 6.99. The second-order valence-corrected chi connectivity index (χ2v) is 11.0. The summed E-state index contributed by atoms with van der Waals surface area (Å²) < 4.78 is 0. The highest BCUT2D eigenvalue weighted by Gasteiger charge is 2.62. The van der Waals surface area contributed by atoms with Crippen LogP contribution in [0.5, 0.6) is 0 Å². The van der Waals surface area contributed by atoms with E-state index >= 15 is 0 Å². The first-order chi connectivity index (χ1) is 12.3. The van der Waals surface area contributed by atoms with E-state index in [1.165, 1.54) is 24.1 Å². The molecule has 4 rings (SSSR count). The van der Waals surface area contributed by atoms with Crippen LogP contribution in [-0.2, 0) is 4.79 Å². The number of hydrogen-bond donors (Lipinski definition) is 1. The Labute approximate surface area is 164 Å². The molecular weight excluding hydrogens is 340 g/mol. The highest BCUT2D eigenvalue weighted by Crippen LogP contribution is 2.66. The maximum absolute atomic E-state index is 12.8. The lowest BCUT2D eigenvalue weighted by Crippen LogP contribution is -2.57. The summed E-state index contributed by atoms with van der Waals surface area (Å²) in [6, 6.07) is 0. The van der Waals surface area contributed by atoms with Gasteiger partial charge in [-0.25, -0.2) is 0 Å². The Kier molecular flexibility index (Phi) is 4.88. The molecule has 0 radical (unpaired) electrons. The lowest BCUT2D eigenvalue weighted by molar-refractivity contribution is -0.128. The number of thiocarbonyl (C=S) groups is 1. The summed E-state index contributed by atoms with van der Waals surface area (Å²) in [6.07, 6.45) is 10.5. The zero-order valence-corrected chi connectivity index (χ0v) is 17.6. The molecule has 26 heavy (non-hydrogen) atoms. The molecule has 4 saturated carbocycles. The van der Waals surface area contributed by atoms with Gasteiger partial charge < -0.3 is 5.11 Å². The summed E-state index contributed by atoms with van der Waals surface area (Å²) in [5.41, 5.74) is 0.397. The van der Waals surface area contributed by atoms with Gasteiger partial charge in [0.2, 0.25) is 0 Å². The maximum atomic E-state index is 12.8. The van der Waals surface area contributed by atoms with Crippen molar-refractivity contribution in [3.05, 3.63) is 0 Å². The molecule has 0 amide bonds. The fraction of sp³-hybridized carbons (Fsp3) is 0.913. The second-order valence-electron chi connectivity index (χ2n) is 10.5. The molecule has 0 aromatic heterocycles. The van der Waals surface area contributed by atoms with E-state index in [0.717, 1.165) is 44.9 Å². The zero-order valence-electron chi connectivity index (χ0n) is 16.8. The fourth-order valence-electron chi connectivity index (χ4n) is 8.00. The van der Waals surface area contributed by atoms with Gasteiger partial charge in [0.15, 0.2) is 0 Å². The van der Waals surface area contributed by atoms with Crippen LogP contribution in [0, 0.1) is 40.4 Å². The third-order valence-corrected chi connectivity index (χ3v) is 9.60. The summed E-state index contributed by atoms with van der Waals surface area (Å²) in [7, 11) is 0. The molecule has 1 N–H and O–H groups in total. The predicted octanol–water partition coefficient (Wildman–Crippen LogP) is 5.36. The van der Waals surface area contributed by atoms with Crippen LogP contribution < -0.4 is 0 Å². The highest BCUT2D eigenvalue weighted by atomic mass is 32.1. The summed E-state index contributed by atoms with van der Waals surface area (Å²) in [5.74, 6) is 3.27. The lowest BCUT2D eigenvalue weighted by atomic mass is 9.44. The molecule has 2 nitrogen and oxygen atoms in total. The van der Waals surface area contributed by atoms with Gasteiger partial charge in [-0.1, -0.05) is 33.0 Å². The number of aliphatic hydroxyl groups excluding tert-OH is 1. The van der Waals surface area contributed by atoms with Crippen molar-refractivity contribution in [3.8, 4) is 0 Å². The molecule has 0 aromatic rings. The number of fused-ring (bicyclic) bond motifs is 5. The van der Waals surface area contributed by atoms with Gasteiger partial charge in [-0.3, -0.25) is 4.79 Å². The van der Waals surface area contributed by atoms with Crippen molar-refractivity contribution in [2.45, 2.75) is 91.1 Å². The number of aliphatic hydroxyl groups is 1. The van der Waals surface area contributed by atoms with Crippen molar-refractivity contribution in [3.63, 3.8) is 0 Å². The van der Waals surface area contributed by atoms with Crippen LogP contribution in [0.1, 0.15) is 85.0 Å². The Morgan fingerprint density at radius 3 is 2.65 bits per heavy atom. The molecule has 8 atom stereocenters. The van der Waals surface area contributed by atoms with Gasteiger partial charge in [0.1, 0.15) is 5.78 Å². The van der Waals surface area contributed by atoms with Crippen molar-refractivity contribution in [1.29, 1.82) is 0 Å². The van der Waals surface area contributed by atoms with E-state index in [-0.39, 0.29) is 22.9 Å². The second kappa shape index (κ2) is 6.65. The first-order valence-electron chi connectivity index (χ1n) is 11.0. The summed E-state index contributed by atoms with van der Waals surface area (Å²) >= 11 is 6.10. The number of hydrogen-bond acceptors (Lipinski definition) is 3. The first-order valence-corrected chi connectivity index (χ1v) is 11.5. The lowest BCUT2D eigenvalue weighted by Gasteiger charge is -2.61. The van der Waals surface area contributed by atoms with Crippen molar-refractivity contribution < 1.29 is 9.90 Å². The van der Waals surface area contributed by atoms with E-state index in [1.807, 2.05) is 0 Å². The molecule has 3 unspecified atom stereocenters. The van der Waals surface area contributed by atoms with Crippen molar-refractivity contribution in [1.82, 2.24) is 0 Å². The summed E-state index contributed by atoms with van der Waals surface area (Å²) in [5, 5.41) is 10.2. The zero-order chi connectivity index (χ0) is 18.7. The largest absolute Gasteiger partial charge is 0.393 e. The van der Waals surface area contributed by atoms with Gasteiger partial charge in [-0.15, -0.1) is 0 Å². The van der Waals surface area contributed by atoms with Crippen LogP contribution in [0.4, 0.5) is 0 Å². The van der Waals surface area contributed by atoms with Crippen molar-refractivity contribution in [2.24, 2.45) is 40.4 Å². The van der Waals surface area contributed by atoms with Gasteiger partial charge >= 0.3 is 0 Å². The van der Waals surface area contributed by atoms with Crippen LogP contribution >= 0.6 is 12.2 Å². The Bertz CT molecular complexity index is 601. The van der Waals surface area contributed by atoms with Crippen LogP contribution in [-0.4, -0.2) is 21.9 Å². The van der Waals surface area contributed by atoms with Crippen LogP contribution in [0.15, 0.2) is 0 Å². The van der Waals surface area contributed by atoms with Crippen molar-refractivity contribution >= 4 is 22.9 Å². The fourth-order valence-corrected chi connectivity index (χ4v) is 8.75. The standard InChI is InChI=1S/C23H36O2S/c1-4-5-19(25)18-9-8-17-16-7-6-14-12-15(24)10-11-22(14,2)21(16)20(26)13-23(17,18)3/h14-18,21,24H,4-13H2,1-3H3/t14?,15-,16+,17?,18-,21?,22+,23+/m1/s1. The Balaban J connectivity index is 1.63. The third-order valence-electron chi connectivity index (χ3n) is 9.21. The SMILES string of the molecule is CCCC(=O)[C@H]1CCC2[C@@H]3CCC4C[C@H](O)CC[C@]4(C)C3C(=S)C[C@@]21C. The number of carbonyl (C=O) groups is 1. The Hall–Kier alpha value is -0.280. The van der Waals surface area contributed by atoms with Gasteiger partial charge in [0.25, 0.3) is 0 Å². The molecule has 4 aliphatic carbocycles. The molecular formula is C23H36O2S. The van der Waals surface area contributed by atoms with E-state index in [1.54, 1.807) is 0 Å². The Morgan fingerprint density at radius 1 is 1.15 bits per heavy atom. The minimum absolute atomic E-state index is 0.102. The van der Waals surface area contributed by atoms with Gasteiger partial charge in [-0.2, -0.15) is 0 Å². The average molecular weight is 377 g/mol. The molecule has 0 spiro atoms. The minimum atomic E-state index is -0.102. The van der Waals surface area contributed by atoms with E-state index in [2.05, 4.69) is 20.8 Å². The molecule has 0 saturated heterocycles. The molecule has 0 bridgehead atoms. The van der Waals surface area contributed by atoms with Crippen LogP contribution in [0.25, 0.3) is 0 Å². The number of carbonyl (C=O) groups excluding carboxylic acids is 1. The van der Waals surface area contributed by atoms with Gasteiger partial charge in [0.05, 0.1) is 6.10 Å². The Morgan fingerprint density at radius 2 is 1.92 bits per heavy atom. The number of Topliss-reactive ketones (excluding diaryl/α,β-unsaturated/α-hetero) is 1. The smallest absolute Gasteiger partial charge is 0.136 e. The van der Waals surface area contributed by atoms with Crippen LogP contribution in [0.3, 0.4) is 0 Å². The molecule has 3 heteroatoms. The number of rotatable bonds is 3. The monoisotopic (exact) mass is 376 g/mol. The molecule has 0 aliphatic heterocycles. The quantitative estimate of drug-likeness (QED) is 0.674. The van der Waals surface area contributed by atoms with Crippen molar-refractivity contribution in [2.75, 3.05) is 0 Å². The third kappa shape index (κ3) is 2.67. The maximum Gasteiger partial charge on any atom is 0.136 e. The first kappa shape index (κ1) is 19.1. The van der Waals surface area contributed by atoms with Crippen LogP contribution in [0.2, 0.25) is 0 Å². The highest BCUT2D eigenvalue weighted by molar-refractivity contribution is 7.80. The normalized spacial score (nSPS) is 50.7. The summed E-state index contributed by atoms with van der Waals surface area (Å²) in [4.78, 5) is 14.1. The van der Waals surface area contributed by atoms with E-state index in [4.69, 9.17) is 12.2 Å². The topological polar surface area (TPSA) is 37.3 Å². The van der Waals surface area contributed by atoms with E-state index < -0.39 is 0 Å². The van der Waals surface area contributed by atoms with Gasteiger partial charge in [0, 0.05) is 12.3 Å². The van der Waals surface area contributed by atoms with E-state index in [9.17, 15) is 9.90 Å².